The van der Waals surface area contributed by atoms with Crippen molar-refractivity contribution in [3.8, 4) is 5.75 Å². The van der Waals surface area contributed by atoms with E-state index in [1.807, 2.05) is 0 Å². The fourth-order valence-corrected chi connectivity index (χ4v) is 3.17. The lowest BCUT2D eigenvalue weighted by atomic mass is 10.1. The van der Waals surface area contributed by atoms with Gasteiger partial charge >= 0.3 is 18.3 Å². The van der Waals surface area contributed by atoms with Crippen molar-refractivity contribution >= 4 is 29.2 Å². The van der Waals surface area contributed by atoms with E-state index in [1.54, 1.807) is 12.1 Å². The van der Waals surface area contributed by atoms with Crippen molar-refractivity contribution in [1.29, 1.82) is 0 Å². The number of anilines is 2. The van der Waals surface area contributed by atoms with Gasteiger partial charge in [0.25, 0.3) is 5.91 Å². The SMILES string of the molecule is COC(=O)C1=C(C(=O)OC)N(c2ccccc2C(=O)Nc2ccc(OC(F)(F)F)cc2)COC1. The summed E-state index contributed by atoms with van der Waals surface area (Å²) in [6.07, 6.45) is -4.84. The predicted molar refractivity (Wildman–Crippen MR) is 112 cm³/mol. The lowest BCUT2D eigenvalue weighted by Gasteiger charge is -2.32. The average molecular weight is 480 g/mol. The fourth-order valence-electron chi connectivity index (χ4n) is 3.17. The molecule has 2 aromatic carbocycles. The van der Waals surface area contributed by atoms with Crippen molar-refractivity contribution in [2.24, 2.45) is 0 Å². The minimum absolute atomic E-state index is 0.0870. The maximum atomic E-state index is 13.0. The third kappa shape index (κ3) is 5.64. The van der Waals surface area contributed by atoms with Gasteiger partial charge in [0.2, 0.25) is 0 Å². The molecular formula is C22H19F3N2O7. The zero-order valence-electron chi connectivity index (χ0n) is 18.0. The molecule has 180 valence electrons. The molecular weight excluding hydrogens is 461 g/mol. The number of amides is 1. The Morgan fingerprint density at radius 1 is 0.971 bits per heavy atom. The molecule has 0 aliphatic carbocycles. The van der Waals surface area contributed by atoms with E-state index in [-0.39, 0.29) is 41.5 Å². The number of halogens is 3. The minimum Gasteiger partial charge on any atom is -0.466 e. The van der Waals surface area contributed by atoms with Gasteiger partial charge in [-0.1, -0.05) is 12.1 Å². The normalized spacial score (nSPS) is 13.9. The van der Waals surface area contributed by atoms with Crippen LogP contribution in [0.2, 0.25) is 0 Å². The van der Waals surface area contributed by atoms with Crippen LogP contribution in [0.1, 0.15) is 10.4 Å². The van der Waals surface area contributed by atoms with Crippen LogP contribution in [0.15, 0.2) is 59.8 Å². The van der Waals surface area contributed by atoms with Crippen LogP contribution in [0.5, 0.6) is 5.75 Å². The molecule has 0 saturated carbocycles. The monoisotopic (exact) mass is 480 g/mol. The number of hydrogen-bond donors (Lipinski definition) is 1. The van der Waals surface area contributed by atoms with Crippen molar-refractivity contribution in [2.75, 3.05) is 37.8 Å². The highest BCUT2D eigenvalue weighted by molar-refractivity contribution is 6.10. The molecule has 1 aliphatic rings. The van der Waals surface area contributed by atoms with E-state index in [0.29, 0.717) is 0 Å². The van der Waals surface area contributed by atoms with Crippen LogP contribution in [0, 0.1) is 0 Å². The van der Waals surface area contributed by atoms with E-state index in [0.717, 1.165) is 26.4 Å². The van der Waals surface area contributed by atoms with E-state index < -0.39 is 30.0 Å². The first-order chi connectivity index (χ1) is 16.1. The number of carbonyl (C=O) groups excluding carboxylic acids is 3. The zero-order chi connectivity index (χ0) is 24.9. The Bertz CT molecular complexity index is 1110. The highest BCUT2D eigenvalue weighted by Crippen LogP contribution is 2.30. The summed E-state index contributed by atoms with van der Waals surface area (Å²) in [5.74, 6) is -2.71. The zero-order valence-corrected chi connectivity index (χ0v) is 18.0. The van der Waals surface area contributed by atoms with Gasteiger partial charge in [-0.25, -0.2) is 9.59 Å². The number of carbonyl (C=O) groups is 3. The number of rotatable bonds is 6. The topological polar surface area (TPSA) is 103 Å². The van der Waals surface area contributed by atoms with E-state index in [1.165, 1.54) is 29.2 Å². The number of alkyl halides is 3. The van der Waals surface area contributed by atoms with Gasteiger partial charge in [0.05, 0.1) is 37.7 Å². The van der Waals surface area contributed by atoms with Crippen LogP contribution < -0.4 is 15.0 Å². The van der Waals surface area contributed by atoms with E-state index in [9.17, 15) is 27.6 Å². The van der Waals surface area contributed by atoms with Crippen LogP contribution in [0.25, 0.3) is 0 Å². The molecule has 0 unspecified atom stereocenters. The van der Waals surface area contributed by atoms with Gasteiger partial charge in [-0.15, -0.1) is 13.2 Å². The standard InChI is InChI=1S/C22H19F3N2O7/c1-31-20(29)16-11-33-12-27(18(16)21(30)32-2)17-6-4-3-5-15(17)19(28)26-13-7-9-14(10-8-13)34-22(23,24)25/h3-10H,11-12H2,1-2H3,(H,26,28). The molecule has 0 fully saturated rings. The summed E-state index contributed by atoms with van der Waals surface area (Å²) in [7, 11) is 2.29. The number of ether oxygens (including phenoxy) is 4. The second kappa shape index (κ2) is 10.3. The fraction of sp³-hybridized carbons (Fsp3) is 0.227. The molecule has 12 heteroatoms. The summed E-state index contributed by atoms with van der Waals surface area (Å²) in [6, 6.07) is 10.8. The largest absolute Gasteiger partial charge is 0.573 e. The Balaban J connectivity index is 1.92. The van der Waals surface area contributed by atoms with Crippen molar-refractivity contribution in [2.45, 2.75) is 6.36 Å². The van der Waals surface area contributed by atoms with E-state index in [2.05, 4.69) is 10.1 Å². The highest BCUT2D eigenvalue weighted by Gasteiger charge is 2.34. The Hall–Kier alpha value is -4.06. The van der Waals surface area contributed by atoms with E-state index in [4.69, 9.17) is 14.2 Å². The number of para-hydroxylation sites is 1. The summed E-state index contributed by atoms with van der Waals surface area (Å²) in [6.45, 7) is -0.368. The molecule has 34 heavy (non-hydrogen) atoms. The van der Waals surface area contributed by atoms with Crippen LogP contribution >= 0.6 is 0 Å². The summed E-state index contributed by atoms with van der Waals surface area (Å²) >= 11 is 0. The number of benzene rings is 2. The van der Waals surface area contributed by atoms with Crippen LogP contribution in [0.4, 0.5) is 24.5 Å². The van der Waals surface area contributed by atoms with Gasteiger partial charge in [-0.2, -0.15) is 0 Å². The van der Waals surface area contributed by atoms with Crippen molar-refractivity contribution in [3.63, 3.8) is 0 Å². The van der Waals surface area contributed by atoms with Gasteiger partial charge < -0.3 is 29.2 Å². The summed E-state index contributed by atoms with van der Waals surface area (Å²) in [4.78, 5) is 39.0. The molecule has 9 nitrogen and oxygen atoms in total. The van der Waals surface area contributed by atoms with Crippen LogP contribution in [-0.2, 0) is 23.8 Å². The molecule has 0 spiro atoms. The molecule has 1 aliphatic heterocycles. The van der Waals surface area contributed by atoms with Gasteiger partial charge in [-0.05, 0) is 36.4 Å². The predicted octanol–water partition coefficient (Wildman–Crippen LogP) is 3.23. The molecule has 0 radical (unpaired) electrons. The Morgan fingerprint density at radius 3 is 2.24 bits per heavy atom. The minimum atomic E-state index is -4.84. The molecule has 1 N–H and O–H groups in total. The van der Waals surface area contributed by atoms with Gasteiger partial charge in [0.1, 0.15) is 18.2 Å². The van der Waals surface area contributed by atoms with Crippen molar-refractivity contribution in [3.05, 3.63) is 65.4 Å². The Labute approximate surface area is 191 Å². The molecule has 0 bridgehead atoms. The van der Waals surface area contributed by atoms with Crippen LogP contribution in [-0.4, -0.2) is 51.8 Å². The van der Waals surface area contributed by atoms with Crippen molar-refractivity contribution in [1.82, 2.24) is 0 Å². The third-order valence-electron chi connectivity index (χ3n) is 4.62. The molecule has 3 rings (SSSR count). The molecule has 1 heterocycles. The lowest BCUT2D eigenvalue weighted by Crippen LogP contribution is -2.39. The number of methoxy groups -OCH3 is 2. The second-order valence-corrected chi connectivity index (χ2v) is 6.76. The van der Waals surface area contributed by atoms with E-state index >= 15 is 0 Å². The number of nitrogens with zero attached hydrogens (tertiary/aromatic N) is 1. The molecule has 0 atom stereocenters. The summed E-state index contributed by atoms with van der Waals surface area (Å²) < 4.78 is 55.8. The molecule has 0 aromatic heterocycles. The van der Waals surface area contributed by atoms with Gasteiger partial charge in [0, 0.05) is 5.69 Å². The van der Waals surface area contributed by atoms with Crippen molar-refractivity contribution < 1.29 is 46.5 Å². The Morgan fingerprint density at radius 2 is 1.62 bits per heavy atom. The first-order valence-electron chi connectivity index (χ1n) is 9.66. The second-order valence-electron chi connectivity index (χ2n) is 6.76. The lowest BCUT2D eigenvalue weighted by molar-refractivity contribution is -0.274. The maximum Gasteiger partial charge on any atom is 0.573 e. The first-order valence-corrected chi connectivity index (χ1v) is 9.66. The summed E-state index contributed by atoms with van der Waals surface area (Å²) in [5, 5.41) is 2.56. The summed E-state index contributed by atoms with van der Waals surface area (Å²) in [5.41, 5.74) is 0.279. The van der Waals surface area contributed by atoms with Gasteiger partial charge in [-0.3, -0.25) is 4.79 Å². The molecule has 1 amide bonds. The number of hydrogen-bond acceptors (Lipinski definition) is 8. The maximum absolute atomic E-state index is 13.0. The molecule has 0 saturated heterocycles. The average Bonchev–Trinajstić information content (AvgIpc) is 2.82. The number of esters is 2. The Kier molecular flexibility index (Phi) is 7.41. The third-order valence-corrected chi connectivity index (χ3v) is 4.62. The molecule has 2 aromatic rings. The van der Waals surface area contributed by atoms with Gasteiger partial charge in [0.15, 0.2) is 0 Å². The number of nitrogens with one attached hydrogen (secondary N) is 1. The first kappa shape index (κ1) is 24.6. The smallest absolute Gasteiger partial charge is 0.466 e. The van der Waals surface area contributed by atoms with Crippen LogP contribution in [0.3, 0.4) is 0 Å². The highest BCUT2D eigenvalue weighted by atomic mass is 19.4. The quantitative estimate of drug-likeness (QED) is 0.629.